The van der Waals surface area contributed by atoms with Crippen LogP contribution in [0.4, 0.5) is 4.39 Å². The van der Waals surface area contributed by atoms with E-state index >= 15 is 0 Å². The summed E-state index contributed by atoms with van der Waals surface area (Å²) in [6.07, 6.45) is 0.110. The zero-order valence-electron chi connectivity index (χ0n) is 11.2. The van der Waals surface area contributed by atoms with Crippen molar-refractivity contribution in [3.05, 3.63) is 63.9 Å². The molecule has 0 aliphatic rings. The van der Waals surface area contributed by atoms with Gasteiger partial charge in [0.2, 0.25) is 0 Å². The van der Waals surface area contributed by atoms with E-state index in [0.717, 1.165) is 16.9 Å². The van der Waals surface area contributed by atoms with Crippen molar-refractivity contribution in [2.24, 2.45) is 0 Å². The van der Waals surface area contributed by atoms with Crippen molar-refractivity contribution in [3.63, 3.8) is 0 Å². The van der Waals surface area contributed by atoms with Crippen molar-refractivity contribution < 1.29 is 9.13 Å². The fraction of sp³-hybridized carbons (Fsp3) is 0.250. The summed E-state index contributed by atoms with van der Waals surface area (Å²) in [5, 5.41) is -0.345. The zero-order valence-corrected chi connectivity index (χ0v) is 13.6. The van der Waals surface area contributed by atoms with Gasteiger partial charge in [-0.1, -0.05) is 18.2 Å². The van der Waals surface area contributed by atoms with Crippen LogP contribution in [0.1, 0.15) is 30.4 Å². The van der Waals surface area contributed by atoms with Crippen LogP contribution in [-0.2, 0) is 0 Å². The fourth-order valence-electron chi connectivity index (χ4n) is 1.88. The summed E-state index contributed by atoms with van der Waals surface area (Å²) in [7, 11) is 0. The first-order chi connectivity index (χ1) is 9.47. The Labute approximate surface area is 131 Å². The number of alkyl halides is 1. The first-order valence-corrected chi connectivity index (χ1v) is 7.56. The summed E-state index contributed by atoms with van der Waals surface area (Å²) in [6, 6.07) is 12.4. The molecule has 0 aliphatic carbocycles. The van der Waals surface area contributed by atoms with Gasteiger partial charge in [-0.25, -0.2) is 4.39 Å². The van der Waals surface area contributed by atoms with Crippen molar-refractivity contribution in [2.45, 2.75) is 25.3 Å². The molecule has 0 aliphatic heterocycles. The Bertz CT molecular complexity index is 601. The van der Waals surface area contributed by atoms with Crippen LogP contribution in [0.3, 0.4) is 0 Å². The number of benzene rings is 2. The first kappa shape index (κ1) is 15.3. The van der Waals surface area contributed by atoms with Gasteiger partial charge in [0.15, 0.2) is 0 Å². The van der Waals surface area contributed by atoms with Gasteiger partial charge in [0.05, 0.1) is 16.0 Å². The van der Waals surface area contributed by atoms with E-state index in [4.69, 9.17) is 16.3 Å². The third-order valence-corrected chi connectivity index (χ3v) is 3.87. The van der Waals surface area contributed by atoms with Crippen molar-refractivity contribution in [2.75, 3.05) is 0 Å². The molecule has 2 aromatic carbocycles. The molecule has 0 N–H and O–H groups in total. The summed E-state index contributed by atoms with van der Waals surface area (Å²) in [5.41, 5.74) is 1.75. The van der Waals surface area contributed by atoms with E-state index < -0.39 is 0 Å². The van der Waals surface area contributed by atoms with Crippen LogP contribution in [0.25, 0.3) is 0 Å². The summed E-state index contributed by atoms with van der Waals surface area (Å²) in [4.78, 5) is 0. The molecule has 0 bridgehead atoms. The lowest BCUT2D eigenvalue weighted by Gasteiger charge is -2.14. The van der Waals surface area contributed by atoms with E-state index in [1.165, 1.54) is 6.07 Å². The van der Waals surface area contributed by atoms with E-state index in [9.17, 15) is 4.39 Å². The highest BCUT2D eigenvalue weighted by atomic mass is 79.9. The largest absolute Gasteiger partial charge is 0.491 e. The Kier molecular flexibility index (Phi) is 5.06. The minimum Gasteiger partial charge on any atom is -0.491 e. The number of hydrogen-bond donors (Lipinski definition) is 0. The average molecular weight is 358 g/mol. The molecule has 0 heterocycles. The summed E-state index contributed by atoms with van der Waals surface area (Å²) in [5.74, 6) is 0.485. The fourth-order valence-corrected chi connectivity index (χ4v) is 2.55. The molecule has 2 aromatic rings. The molecule has 4 heteroatoms. The van der Waals surface area contributed by atoms with E-state index in [1.807, 2.05) is 38.1 Å². The van der Waals surface area contributed by atoms with Gasteiger partial charge in [-0.05, 0) is 65.2 Å². The highest BCUT2D eigenvalue weighted by Gasteiger charge is 2.13. The Morgan fingerprint density at radius 2 is 1.80 bits per heavy atom. The zero-order chi connectivity index (χ0) is 14.7. The Morgan fingerprint density at radius 3 is 2.45 bits per heavy atom. The molecule has 1 nitrogen and oxygen atoms in total. The minimum absolute atomic E-state index is 0.110. The predicted octanol–water partition coefficient (Wildman–Crippen LogP) is 5.70. The highest BCUT2D eigenvalue weighted by molar-refractivity contribution is 9.10. The second-order valence-electron chi connectivity index (χ2n) is 4.78. The average Bonchev–Trinajstić information content (AvgIpc) is 2.40. The van der Waals surface area contributed by atoms with Crippen LogP contribution in [-0.4, -0.2) is 6.10 Å². The summed E-state index contributed by atoms with van der Waals surface area (Å²) < 4.78 is 19.3. The van der Waals surface area contributed by atoms with Crippen LogP contribution in [0.5, 0.6) is 5.75 Å². The molecule has 1 atom stereocenters. The molecule has 0 radical (unpaired) electrons. The maximum absolute atomic E-state index is 13.3. The summed E-state index contributed by atoms with van der Waals surface area (Å²) >= 11 is 9.64. The second-order valence-corrected chi connectivity index (χ2v) is 6.07. The van der Waals surface area contributed by atoms with Gasteiger partial charge in [-0.15, -0.1) is 11.6 Å². The number of halogens is 3. The Morgan fingerprint density at radius 1 is 1.10 bits per heavy atom. The molecule has 0 saturated carbocycles. The lowest BCUT2D eigenvalue weighted by Crippen LogP contribution is -2.06. The molecule has 0 fully saturated rings. The molecule has 0 saturated heterocycles. The predicted molar refractivity (Wildman–Crippen MR) is 84.0 cm³/mol. The molecule has 0 aromatic heterocycles. The van der Waals surface area contributed by atoms with Crippen LogP contribution < -0.4 is 4.74 Å². The monoisotopic (exact) mass is 356 g/mol. The maximum Gasteiger partial charge on any atom is 0.137 e. The first-order valence-electron chi connectivity index (χ1n) is 6.33. The van der Waals surface area contributed by atoms with Gasteiger partial charge in [0.1, 0.15) is 11.6 Å². The second kappa shape index (κ2) is 6.59. The third-order valence-electron chi connectivity index (χ3n) is 2.76. The van der Waals surface area contributed by atoms with Crippen molar-refractivity contribution in [3.8, 4) is 5.75 Å². The summed E-state index contributed by atoms with van der Waals surface area (Å²) in [6.45, 7) is 3.95. The number of rotatable bonds is 4. The van der Waals surface area contributed by atoms with Crippen LogP contribution in [0.15, 0.2) is 46.9 Å². The molecule has 106 valence electrons. The normalized spacial score (nSPS) is 12.5. The quantitative estimate of drug-likeness (QED) is 0.637. The van der Waals surface area contributed by atoms with Gasteiger partial charge in [-0.2, -0.15) is 0 Å². The maximum atomic E-state index is 13.3. The van der Waals surface area contributed by atoms with Gasteiger partial charge in [-0.3, -0.25) is 0 Å². The van der Waals surface area contributed by atoms with E-state index in [2.05, 4.69) is 15.9 Å². The van der Waals surface area contributed by atoms with Crippen LogP contribution in [0, 0.1) is 5.82 Å². The lowest BCUT2D eigenvalue weighted by atomic mass is 10.0. The molecule has 20 heavy (non-hydrogen) atoms. The minimum atomic E-state index is -0.345. The van der Waals surface area contributed by atoms with Gasteiger partial charge >= 0.3 is 0 Å². The highest BCUT2D eigenvalue weighted by Crippen LogP contribution is 2.32. The standard InChI is InChI=1S/C16H15BrClFO/c1-10(2)20-13-5-3-4-11(8-13)16(18)12-6-7-15(19)14(17)9-12/h3-10,16H,1-2H3. The van der Waals surface area contributed by atoms with E-state index in [1.54, 1.807) is 12.1 Å². The van der Waals surface area contributed by atoms with Gasteiger partial charge in [0.25, 0.3) is 0 Å². The lowest BCUT2D eigenvalue weighted by molar-refractivity contribution is 0.242. The Hall–Kier alpha value is -1.06. The molecular formula is C16H15BrClFO. The van der Waals surface area contributed by atoms with Gasteiger partial charge in [0, 0.05) is 0 Å². The molecule has 0 amide bonds. The van der Waals surface area contributed by atoms with Crippen LogP contribution in [0.2, 0.25) is 0 Å². The van der Waals surface area contributed by atoms with Crippen LogP contribution >= 0.6 is 27.5 Å². The van der Waals surface area contributed by atoms with E-state index in [0.29, 0.717) is 4.47 Å². The molecular weight excluding hydrogens is 343 g/mol. The molecule has 1 unspecified atom stereocenters. The van der Waals surface area contributed by atoms with Gasteiger partial charge < -0.3 is 4.74 Å². The van der Waals surface area contributed by atoms with E-state index in [-0.39, 0.29) is 17.3 Å². The number of hydrogen-bond acceptors (Lipinski definition) is 1. The molecule has 0 spiro atoms. The van der Waals surface area contributed by atoms with Crippen molar-refractivity contribution in [1.29, 1.82) is 0 Å². The third kappa shape index (κ3) is 3.74. The smallest absolute Gasteiger partial charge is 0.137 e. The SMILES string of the molecule is CC(C)Oc1cccc(C(Cl)c2ccc(F)c(Br)c2)c1. The van der Waals surface area contributed by atoms with Crippen molar-refractivity contribution in [1.82, 2.24) is 0 Å². The topological polar surface area (TPSA) is 9.23 Å². The van der Waals surface area contributed by atoms with Crippen molar-refractivity contribution >= 4 is 27.5 Å². The Balaban J connectivity index is 2.28. The number of ether oxygens (including phenoxy) is 1. The molecule has 2 rings (SSSR count).